The van der Waals surface area contributed by atoms with Crippen LogP contribution in [0.15, 0.2) is 41.5 Å². The third-order valence-electron chi connectivity index (χ3n) is 3.54. The molecular weight excluding hydrogens is 220 g/mol. The number of hydrogen-bond donors (Lipinski definition) is 0. The van der Waals surface area contributed by atoms with Crippen molar-refractivity contribution in [2.24, 2.45) is 4.99 Å². The van der Waals surface area contributed by atoms with Gasteiger partial charge in [0.25, 0.3) is 0 Å². The van der Waals surface area contributed by atoms with E-state index in [9.17, 15) is 0 Å². The Bertz CT molecular complexity index is 639. The predicted molar refractivity (Wildman–Crippen MR) is 75.6 cm³/mol. The van der Waals surface area contributed by atoms with E-state index in [2.05, 4.69) is 48.1 Å². The van der Waals surface area contributed by atoms with Crippen LogP contribution in [0.25, 0.3) is 11.1 Å². The molecule has 1 aliphatic heterocycles. The van der Waals surface area contributed by atoms with Crippen molar-refractivity contribution in [1.82, 2.24) is 4.98 Å². The molecule has 0 spiro atoms. The van der Waals surface area contributed by atoms with E-state index < -0.39 is 0 Å². The molecule has 2 aromatic rings. The average Bonchev–Trinajstić information content (AvgIpc) is 2.66. The molecule has 3 rings (SSSR count). The Labute approximate surface area is 107 Å². The number of aromatic nitrogens is 1. The van der Waals surface area contributed by atoms with Crippen molar-refractivity contribution >= 4 is 11.9 Å². The molecule has 0 fully saturated rings. The maximum atomic E-state index is 4.52. The lowest BCUT2D eigenvalue weighted by Crippen LogP contribution is -2.14. The summed E-state index contributed by atoms with van der Waals surface area (Å²) in [5, 5.41) is 0. The third-order valence-corrected chi connectivity index (χ3v) is 3.54. The average molecular weight is 236 g/mol. The van der Waals surface area contributed by atoms with E-state index in [1.807, 2.05) is 25.4 Å². The number of aryl methyl sites for hydroxylation is 1. The number of nitrogens with zero attached hydrogens (tertiary/aromatic N) is 2. The van der Waals surface area contributed by atoms with Gasteiger partial charge in [-0.1, -0.05) is 32.0 Å². The molecule has 0 saturated heterocycles. The van der Waals surface area contributed by atoms with E-state index in [0.717, 1.165) is 11.4 Å². The standard InChI is InChI=1S/C16H16N2/c1-11-13(5-4-8-17-11)12-6-7-14-15(9-12)18-10-16(14,2)3/h4-10H,1-3H3. The monoisotopic (exact) mass is 236 g/mol. The first-order chi connectivity index (χ1) is 8.58. The molecule has 0 amide bonds. The smallest absolute Gasteiger partial charge is 0.0673 e. The molecule has 2 nitrogen and oxygen atoms in total. The fraction of sp³-hybridized carbons (Fsp3) is 0.250. The van der Waals surface area contributed by atoms with Gasteiger partial charge in [0.1, 0.15) is 0 Å². The lowest BCUT2D eigenvalue weighted by Gasteiger charge is -2.16. The second-order valence-electron chi connectivity index (χ2n) is 5.35. The Morgan fingerprint density at radius 3 is 2.72 bits per heavy atom. The zero-order chi connectivity index (χ0) is 12.8. The molecule has 0 saturated carbocycles. The van der Waals surface area contributed by atoms with Gasteiger partial charge in [0, 0.05) is 29.1 Å². The van der Waals surface area contributed by atoms with Crippen LogP contribution in [0, 0.1) is 6.92 Å². The molecule has 0 unspecified atom stereocenters. The summed E-state index contributed by atoms with van der Waals surface area (Å²) in [4.78, 5) is 8.86. The number of hydrogen-bond acceptors (Lipinski definition) is 2. The summed E-state index contributed by atoms with van der Waals surface area (Å²) in [5.74, 6) is 0. The van der Waals surface area contributed by atoms with Crippen molar-refractivity contribution in [3.63, 3.8) is 0 Å². The fourth-order valence-electron chi connectivity index (χ4n) is 2.44. The summed E-state index contributed by atoms with van der Waals surface area (Å²) < 4.78 is 0. The van der Waals surface area contributed by atoms with E-state index in [1.54, 1.807) is 0 Å². The highest BCUT2D eigenvalue weighted by Gasteiger charge is 2.26. The van der Waals surface area contributed by atoms with Crippen LogP contribution in [0.4, 0.5) is 5.69 Å². The lowest BCUT2D eigenvalue weighted by molar-refractivity contribution is 0.753. The van der Waals surface area contributed by atoms with E-state index in [4.69, 9.17) is 0 Å². The summed E-state index contributed by atoms with van der Waals surface area (Å²) in [6.07, 6.45) is 3.85. The molecule has 0 radical (unpaired) electrons. The van der Waals surface area contributed by atoms with Crippen LogP contribution in [0.3, 0.4) is 0 Å². The highest BCUT2D eigenvalue weighted by molar-refractivity contribution is 5.86. The second kappa shape index (κ2) is 3.77. The van der Waals surface area contributed by atoms with Crippen molar-refractivity contribution in [2.75, 3.05) is 0 Å². The second-order valence-corrected chi connectivity index (χ2v) is 5.35. The summed E-state index contributed by atoms with van der Waals surface area (Å²) in [6, 6.07) is 10.6. The molecule has 0 bridgehead atoms. The van der Waals surface area contributed by atoms with Gasteiger partial charge in [-0.3, -0.25) is 9.98 Å². The van der Waals surface area contributed by atoms with E-state index in [1.165, 1.54) is 16.7 Å². The van der Waals surface area contributed by atoms with Crippen LogP contribution in [0.5, 0.6) is 0 Å². The largest absolute Gasteiger partial charge is 0.261 e. The van der Waals surface area contributed by atoms with Gasteiger partial charge in [-0.15, -0.1) is 0 Å². The first kappa shape index (κ1) is 11.1. The Hall–Kier alpha value is -1.96. The predicted octanol–water partition coefficient (Wildman–Crippen LogP) is 4.05. The normalized spacial score (nSPS) is 15.7. The van der Waals surface area contributed by atoms with E-state index >= 15 is 0 Å². The highest BCUT2D eigenvalue weighted by Crippen LogP contribution is 2.39. The first-order valence-electron chi connectivity index (χ1n) is 6.20. The van der Waals surface area contributed by atoms with E-state index in [-0.39, 0.29) is 5.41 Å². The zero-order valence-corrected chi connectivity index (χ0v) is 10.9. The molecule has 0 atom stereocenters. The van der Waals surface area contributed by atoms with Gasteiger partial charge in [-0.2, -0.15) is 0 Å². The van der Waals surface area contributed by atoms with Crippen LogP contribution < -0.4 is 0 Å². The Kier molecular flexibility index (Phi) is 2.34. The lowest BCUT2D eigenvalue weighted by atomic mass is 9.86. The van der Waals surface area contributed by atoms with Gasteiger partial charge in [0.2, 0.25) is 0 Å². The fourth-order valence-corrected chi connectivity index (χ4v) is 2.44. The minimum Gasteiger partial charge on any atom is -0.261 e. The highest BCUT2D eigenvalue weighted by atomic mass is 14.8. The minimum absolute atomic E-state index is 0.0534. The van der Waals surface area contributed by atoms with Crippen LogP contribution in [0.1, 0.15) is 25.1 Å². The molecule has 0 N–H and O–H groups in total. The molecule has 1 aliphatic rings. The van der Waals surface area contributed by atoms with Crippen molar-refractivity contribution in [2.45, 2.75) is 26.2 Å². The number of fused-ring (bicyclic) bond motifs is 1. The van der Waals surface area contributed by atoms with Gasteiger partial charge in [0.05, 0.1) is 5.69 Å². The third kappa shape index (κ3) is 1.65. The van der Waals surface area contributed by atoms with Crippen molar-refractivity contribution < 1.29 is 0 Å². The van der Waals surface area contributed by atoms with Crippen LogP contribution in [-0.2, 0) is 5.41 Å². The number of rotatable bonds is 1. The first-order valence-corrected chi connectivity index (χ1v) is 6.20. The minimum atomic E-state index is 0.0534. The Morgan fingerprint density at radius 1 is 1.11 bits per heavy atom. The maximum absolute atomic E-state index is 4.52. The zero-order valence-electron chi connectivity index (χ0n) is 10.9. The van der Waals surface area contributed by atoms with Crippen molar-refractivity contribution in [1.29, 1.82) is 0 Å². The summed E-state index contributed by atoms with van der Waals surface area (Å²) >= 11 is 0. The van der Waals surface area contributed by atoms with Crippen LogP contribution >= 0.6 is 0 Å². The van der Waals surface area contributed by atoms with Crippen LogP contribution in [-0.4, -0.2) is 11.2 Å². The van der Waals surface area contributed by atoms with Crippen LogP contribution in [0.2, 0.25) is 0 Å². The molecular formula is C16H16N2. The van der Waals surface area contributed by atoms with Gasteiger partial charge < -0.3 is 0 Å². The topological polar surface area (TPSA) is 25.2 Å². The molecule has 2 heterocycles. The molecule has 18 heavy (non-hydrogen) atoms. The van der Waals surface area contributed by atoms with Gasteiger partial charge >= 0.3 is 0 Å². The number of pyridine rings is 1. The summed E-state index contributed by atoms with van der Waals surface area (Å²) in [7, 11) is 0. The Balaban J connectivity index is 2.13. The number of benzene rings is 1. The maximum Gasteiger partial charge on any atom is 0.0673 e. The molecule has 1 aromatic carbocycles. The molecule has 1 aromatic heterocycles. The van der Waals surface area contributed by atoms with Crippen molar-refractivity contribution in [3.05, 3.63) is 47.8 Å². The Morgan fingerprint density at radius 2 is 1.94 bits per heavy atom. The van der Waals surface area contributed by atoms with Crippen molar-refractivity contribution in [3.8, 4) is 11.1 Å². The number of aliphatic imine (C=N–C) groups is 1. The molecule has 90 valence electrons. The molecule has 0 aliphatic carbocycles. The summed E-state index contributed by atoms with van der Waals surface area (Å²) in [6.45, 7) is 6.42. The van der Waals surface area contributed by atoms with Gasteiger partial charge in [-0.05, 0) is 30.2 Å². The van der Waals surface area contributed by atoms with Gasteiger partial charge in [-0.25, -0.2) is 0 Å². The quantitative estimate of drug-likeness (QED) is 0.733. The SMILES string of the molecule is Cc1ncccc1-c1ccc2c(c1)N=CC2(C)C. The van der Waals surface area contributed by atoms with E-state index in [0.29, 0.717) is 0 Å². The summed E-state index contributed by atoms with van der Waals surface area (Å²) in [5.41, 5.74) is 5.86. The molecule has 2 heteroatoms. The van der Waals surface area contributed by atoms with Gasteiger partial charge in [0.15, 0.2) is 0 Å².